The zero-order valence-corrected chi connectivity index (χ0v) is 15.8. The minimum absolute atomic E-state index is 0.0634. The number of aliphatic carboxylic acids is 1. The van der Waals surface area contributed by atoms with E-state index >= 15 is 0 Å². The van der Waals surface area contributed by atoms with Gasteiger partial charge in [0.05, 0.1) is 11.0 Å². The Morgan fingerprint density at radius 1 is 1.15 bits per heavy atom. The highest BCUT2D eigenvalue weighted by Gasteiger charge is 2.18. The van der Waals surface area contributed by atoms with Crippen molar-refractivity contribution in [3.05, 3.63) is 64.7 Å². The molecule has 0 aliphatic rings. The molecule has 0 aliphatic heterocycles. The molecule has 8 heteroatoms. The largest absolute Gasteiger partial charge is 0.481 e. The number of rotatable bonds is 9. The van der Waals surface area contributed by atoms with Gasteiger partial charge in [-0.15, -0.1) is 0 Å². The average molecular weight is 398 g/mol. The van der Waals surface area contributed by atoms with Crippen molar-refractivity contribution >= 4 is 27.6 Å². The number of nitrogens with one attached hydrogen (secondary N) is 1. The van der Waals surface area contributed by atoms with Crippen LogP contribution >= 0.6 is 11.6 Å². The number of hydrogen-bond donors (Lipinski definition) is 2. The number of sulfonamides is 1. The van der Waals surface area contributed by atoms with Gasteiger partial charge in [0.15, 0.2) is 0 Å². The first-order valence-electron chi connectivity index (χ1n) is 7.90. The summed E-state index contributed by atoms with van der Waals surface area (Å²) >= 11 is 5.78. The van der Waals surface area contributed by atoms with Crippen molar-refractivity contribution in [2.75, 3.05) is 13.7 Å². The average Bonchev–Trinajstić information content (AvgIpc) is 2.61. The fourth-order valence-corrected chi connectivity index (χ4v) is 3.53. The van der Waals surface area contributed by atoms with Gasteiger partial charge in [-0.25, -0.2) is 13.1 Å². The van der Waals surface area contributed by atoms with Gasteiger partial charge in [0.25, 0.3) is 0 Å². The van der Waals surface area contributed by atoms with Gasteiger partial charge in [-0.2, -0.15) is 0 Å². The quantitative estimate of drug-likeness (QED) is 0.678. The number of halogens is 1. The van der Waals surface area contributed by atoms with Crippen molar-refractivity contribution in [2.24, 2.45) is 0 Å². The van der Waals surface area contributed by atoms with Gasteiger partial charge < -0.3 is 9.84 Å². The van der Waals surface area contributed by atoms with E-state index in [1.165, 1.54) is 31.4 Å². The van der Waals surface area contributed by atoms with E-state index in [1.807, 2.05) is 24.3 Å². The number of carboxylic acid groups (broad SMARTS) is 1. The van der Waals surface area contributed by atoms with Crippen molar-refractivity contribution in [1.29, 1.82) is 0 Å². The smallest absolute Gasteiger partial charge is 0.303 e. The lowest BCUT2D eigenvalue weighted by Crippen LogP contribution is -2.29. The summed E-state index contributed by atoms with van der Waals surface area (Å²) in [5, 5.41) is 9.18. The van der Waals surface area contributed by atoms with Crippen molar-refractivity contribution in [3.63, 3.8) is 0 Å². The molecule has 0 amide bonds. The molecule has 0 heterocycles. The molecule has 0 radical (unpaired) electrons. The van der Waals surface area contributed by atoms with Crippen molar-refractivity contribution in [3.8, 4) is 0 Å². The van der Waals surface area contributed by atoms with Crippen LogP contribution in [0.4, 0.5) is 0 Å². The van der Waals surface area contributed by atoms with Crippen LogP contribution in [0.1, 0.15) is 23.7 Å². The first-order valence-corrected chi connectivity index (χ1v) is 9.76. The highest BCUT2D eigenvalue weighted by molar-refractivity contribution is 7.89. The molecule has 2 aromatic carbocycles. The minimum atomic E-state index is -3.67. The molecule has 26 heavy (non-hydrogen) atoms. The maximum absolute atomic E-state index is 12.3. The minimum Gasteiger partial charge on any atom is -0.481 e. The lowest BCUT2D eigenvalue weighted by molar-refractivity contribution is -0.136. The Morgan fingerprint density at radius 2 is 1.77 bits per heavy atom. The third kappa shape index (κ3) is 5.81. The topological polar surface area (TPSA) is 92.7 Å². The summed E-state index contributed by atoms with van der Waals surface area (Å²) in [4.78, 5) is 10.7. The molecule has 0 aromatic heterocycles. The van der Waals surface area contributed by atoms with E-state index in [-0.39, 0.29) is 17.9 Å². The van der Waals surface area contributed by atoms with Crippen molar-refractivity contribution < 1.29 is 23.1 Å². The van der Waals surface area contributed by atoms with Gasteiger partial charge in [0.2, 0.25) is 10.0 Å². The van der Waals surface area contributed by atoms with Crippen LogP contribution in [0.15, 0.2) is 53.4 Å². The monoisotopic (exact) mass is 397 g/mol. The SMILES string of the molecule is COC(CNS(=O)(=O)c1ccc(Cl)cc1)c1ccc(CCC(=O)O)cc1. The molecule has 0 fully saturated rings. The van der Waals surface area contributed by atoms with Crippen molar-refractivity contribution in [1.82, 2.24) is 4.72 Å². The molecule has 0 saturated heterocycles. The summed E-state index contributed by atoms with van der Waals surface area (Å²) in [6, 6.07) is 13.1. The normalized spacial score (nSPS) is 12.7. The molecular formula is C18H20ClNO5S. The first-order chi connectivity index (χ1) is 12.3. The molecule has 0 saturated carbocycles. The van der Waals surface area contributed by atoms with Gasteiger partial charge in [-0.3, -0.25) is 4.79 Å². The molecule has 140 valence electrons. The van der Waals surface area contributed by atoms with Gasteiger partial charge in [-0.1, -0.05) is 35.9 Å². The van der Waals surface area contributed by atoms with E-state index in [4.69, 9.17) is 21.4 Å². The Kier molecular flexibility index (Phi) is 7.16. The predicted molar refractivity (Wildman–Crippen MR) is 98.8 cm³/mol. The van der Waals surface area contributed by atoms with Crippen molar-refractivity contribution in [2.45, 2.75) is 23.8 Å². The molecule has 1 atom stereocenters. The fourth-order valence-electron chi connectivity index (χ4n) is 2.37. The van der Waals surface area contributed by atoms with Crippen LogP contribution in [0.5, 0.6) is 0 Å². The summed E-state index contributed by atoms with van der Waals surface area (Å²) in [6.07, 6.45) is 0.0373. The summed E-state index contributed by atoms with van der Waals surface area (Å²) in [5.41, 5.74) is 1.69. The van der Waals surface area contributed by atoms with E-state index in [9.17, 15) is 13.2 Å². The van der Waals surface area contributed by atoms with Crippen LogP contribution in [-0.4, -0.2) is 33.1 Å². The molecule has 0 spiro atoms. The van der Waals surface area contributed by atoms with E-state index in [1.54, 1.807) is 0 Å². The number of aryl methyl sites for hydroxylation is 1. The number of methoxy groups -OCH3 is 1. The number of benzene rings is 2. The van der Waals surface area contributed by atoms with Crippen LogP contribution < -0.4 is 4.72 Å². The molecule has 6 nitrogen and oxygen atoms in total. The highest BCUT2D eigenvalue weighted by atomic mass is 35.5. The maximum Gasteiger partial charge on any atom is 0.303 e. The molecule has 1 unspecified atom stereocenters. The third-order valence-corrected chi connectivity index (χ3v) is 5.54. The fraction of sp³-hybridized carbons (Fsp3) is 0.278. The Hall–Kier alpha value is -1.93. The van der Waals surface area contributed by atoms with Crippen LogP contribution in [0, 0.1) is 0 Å². The van der Waals surface area contributed by atoms with E-state index < -0.39 is 22.1 Å². The predicted octanol–water partition coefficient (Wildman–Crippen LogP) is 3.02. The first kappa shape index (κ1) is 20.4. The lowest BCUT2D eigenvalue weighted by atomic mass is 10.0. The molecule has 2 N–H and O–H groups in total. The summed E-state index contributed by atoms with van der Waals surface area (Å²) in [5.74, 6) is -0.847. The van der Waals surface area contributed by atoms with Crippen LogP contribution in [-0.2, 0) is 26.0 Å². The molecule has 2 rings (SSSR count). The third-order valence-electron chi connectivity index (χ3n) is 3.85. The van der Waals surface area contributed by atoms with Crippen LogP contribution in [0.3, 0.4) is 0 Å². The number of carboxylic acids is 1. The van der Waals surface area contributed by atoms with E-state index in [2.05, 4.69) is 4.72 Å². The lowest BCUT2D eigenvalue weighted by Gasteiger charge is -2.17. The van der Waals surface area contributed by atoms with Gasteiger partial charge in [0.1, 0.15) is 0 Å². The standard InChI is InChI=1S/C18H20ClNO5S/c1-25-17(14-5-2-13(3-6-14)4-11-18(21)22)12-20-26(23,24)16-9-7-15(19)8-10-16/h2-3,5-10,17,20H,4,11-12H2,1H3,(H,21,22). The number of ether oxygens (including phenoxy) is 1. The second-order valence-corrected chi connectivity index (χ2v) is 7.87. The zero-order chi connectivity index (χ0) is 19.2. The molecule has 2 aromatic rings. The second-order valence-electron chi connectivity index (χ2n) is 5.67. The van der Waals surface area contributed by atoms with E-state index in [0.717, 1.165) is 11.1 Å². The Morgan fingerprint density at radius 3 is 2.31 bits per heavy atom. The Bertz CT molecular complexity index is 835. The zero-order valence-electron chi connectivity index (χ0n) is 14.2. The second kappa shape index (κ2) is 9.14. The van der Waals surface area contributed by atoms with Crippen LogP contribution in [0.25, 0.3) is 0 Å². The molecule has 0 bridgehead atoms. The Labute approximate surface area is 157 Å². The van der Waals surface area contributed by atoms with Gasteiger partial charge in [0, 0.05) is 25.1 Å². The summed E-state index contributed by atoms with van der Waals surface area (Å²) < 4.78 is 32.6. The summed E-state index contributed by atoms with van der Waals surface area (Å²) in [7, 11) is -2.17. The van der Waals surface area contributed by atoms with E-state index in [0.29, 0.717) is 11.4 Å². The summed E-state index contributed by atoms with van der Waals surface area (Å²) in [6.45, 7) is 0.0654. The molecule has 0 aliphatic carbocycles. The number of carbonyl (C=O) groups is 1. The van der Waals surface area contributed by atoms with Crippen LogP contribution in [0.2, 0.25) is 5.02 Å². The van der Waals surface area contributed by atoms with Gasteiger partial charge >= 0.3 is 5.97 Å². The Balaban J connectivity index is 2.02. The maximum atomic E-state index is 12.3. The van der Waals surface area contributed by atoms with Gasteiger partial charge in [-0.05, 0) is 41.8 Å². The number of hydrogen-bond acceptors (Lipinski definition) is 4. The molecular weight excluding hydrogens is 378 g/mol. The highest BCUT2D eigenvalue weighted by Crippen LogP contribution is 2.19.